The van der Waals surface area contributed by atoms with Crippen LogP contribution in [-0.4, -0.2) is 55.3 Å². The van der Waals surface area contributed by atoms with Crippen LogP contribution in [-0.2, 0) is 4.79 Å². The molecule has 1 N–H and O–H groups in total. The van der Waals surface area contributed by atoms with Crippen molar-refractivity contribution in [3.05, 3.63) is 17.7 Å². The number of nitrogens with zero attached hydrogens (tertiary/aromatic N) is 1. The van der Waals surface area contributed by atoms with Crippen LogP contribution < -0.4 is 14.2 Å². The lowest BCUT2D eigenvalue weighted by Gasteiger charge is -2.19. The fraction of sp³-hybridized carbons (Fsp3) is 0.500. The first-order valence-corrected chi connectivity index (χ1v) is 7.48. The summed E-state index contributed by atoms with van der Waals surface area (Å²) in [6.45, 7) is 6.31. The van der Waals surface area contributed by atoms with Gasteiger partial charge in [-0.2, -0.15) is 0 Å². The van der Waals surface area contributed by atoms with Crippen molar-refractivity contribution in [3.63, 3.8) is 0 Å². The van der Waals surface area contributed by atoms with Crippen molar-refractivity contribution in [3.8, 4) is 17.2 Å². The third kappa shape index (κ3) is 5.05. The predicted molar refractivity (Wildman–Crippen MR) is 84.5 cm³/mol. The molecular weight excluding hydrogens is 302 g/mol. The summed E-state index contributed by atoms with van der Waals surface area (Å²) in [6, 6.07) is 3.08. The predicted octanol–water partition coefficient (Wildman–Crippen LogP) is 2.04. The molecule has 1 amide bonds. The summed E-state index contributed by atoms with van der Waals surface area (Å²) in [7, 11) is 1.42. The van der Waals surface area contributed by atoms with Gasteiger partial charge in [-0.1, -0.05) is 0 Å². The van der Waals surface area contributed by atoms with E-state index in [1.807, 2.05) is 20.8 Å². The number of carbonyl (C=O) groups is 2. The molecule has 0 aliphatic carbocycles. The number of ether oxygens (including phenoxy) is 3. The molecule has 1 rings (SSSR count). The molecule has 7 nitrogen and oxygen atoms in total. The molecule has 128 valence electrons. The fourth-order valence-corrected chi connectivity index (χ4v) is 2.01. The first-order chi connectivity index (χ1) is 10.9. The maximum Gasteiger partial charge on any atom is 0.323 e. The van der Waals surface area contributed by atoms with Crippen LogP contribution in [0.5, 0.6) is 17.2 Å². The van der Waals surface area contributed by atoms with Crippen LogP contribution in [0.25, 0.3) is 0 Å². The van der Waals surface area contributed by atoms with E-state index < -0.39 is 11.9 Å². The molecule has 0 unspecified atom stereocenters. The summed E-state index contributed by atoms with van der Waals surface area (Å²) in [6.07, 6.45) is 0. The normalized spacial score (nSPS) is 10.1. The Kier molecular flexibility index (Phi) is 7.18. The zero-order valence-electron chi connectivity index (χ0n) is 13.9. The summed E-state index contributed by atoms with van der Waals surface area (Å²) < 4.78 is 16.6. The molecule has 0 spiro atoms. The number of carboxylic acid groups (broad SMARTS) is 1. The van der Waals surface area contributed by atoms with Gasteiger partial charge in [-0.05, 0) is 32.9 Å². The van der Waals surface area contributed by atoms with Gasteiger partial charge in [0.2, 0.25) is 5.75 Å². The molecule has 1 aromatic carbocycles. The zero-order chi connectivity index (χ0) is 17.4. The van der Waals surface area contributed by atoms with Crippen molar-refractivity contribution in [2.75, 3.05) is 33.4 Å². The van der Waals surface area contributed by atoms with E-state index in [0.717, 1.165) is 4.90 Å². The van der Waals surface area contributed by atoms with Gasteiger partial charge in [0.1, 0.15) is 6.54 Å². The molecule has 0 saturated carbocycles. The maximum atomic E-state index is 12.4. The first-order valence-electron chi connectivity index (χ1n) is 7.48. The SMILES string of the molecule is CCOc1cc(C(=O)N(C)CC(=O)O)cc(OCC)c1OCC. The Bertz CT molecular complexity index is 530. The lowest BCUT2D eigenvalue weighted by molar-refractivity contribution is -0.137. The minimum atomic E-state index is -1.08. The second-order valence-electron chi connectivity index (χ2n) is 4.66. The number of aliphatic carboxylic acids is 1. The quantitative estimate of drug-likeness (QED) is 0.748. The van der Waals surface area contributed by atoms with Crippen molar-refractivity contribution in [2.24, 2.45) is 0 Å². The third-order valence-corrected chi connectivity index (χ3v) is 2.88. The highest BCUT2D eigenvalue weighted by Crippen LogP contribution is 2.39. The minimum Gasteiger partial charge on any atom is -0.490 e. The maximum absolute atomic E-state index is 12.4. The second-order valence-corrected chi connectivity index (χ2v) is 4.66. The fourth-order valence-electron chi connectivity index (χ4n) is 2.01. The van der Waals surface area contributed by atoms with E-state index in [-0.39, 0.29) is 12.1 Å². The highest BCUT2D eigenvalue weighted by molar-refractivity contribution is 5.97. The summed E-state index contributed by atoms with van der Waals surface area (Å²) in [4.78, 5) is 24.2. The van der Waals surface area contributed by atoms with Crippen LogP contribution >= 0.6 is 0 Å². The molecule has 0 bridgehead atoms. The summed E-state index contributed by atoms with van der Waals surface area (Å²) in [5.41, 5.74) is 0.282. The smallest absolute Gasteiger partial charge is 0.323 e. The molecule has 0 radical (unpaired) electrons. The zero-order valence-corrected chi connectivity index (χ0v) is 13.9. The van der Waals surface area contributed by atoms with Gasteiger partial charge in [0.05, 0.1) is 19.8 Å². The highest BCUT2D eigenvalue weighted by Gasteiger charge is 2.21. The van der Waals surface area contributed by atoms with E-state index in [4.69, 9.17) is 19.3 Å². The Morgan fingerprint density at radius 2 is 1.48 bits per heavy atom. The molecule has 0 saturated heterocycles. The number of hydrogen-bond acceptors (Lipinski definition) is 5. The molecule has 0 heterocycles. The van der Waals surface area contributed by atoms with E-state index in [0.29, 0.717) is 37.1 Å². The summed E-state index contributed by atoms with van der Waals surface area (Å²) in [5, 5.41) is 8.81. The van der Waals surface area contributed by atoms with Crippen molar-refractivity contribution in [1.82, 2.24) is 4.90 Å². The standard InChI is InChI=1S/C16H23NO6/c1-5-21-12-8-11(16(20)17(4)10-14(18)19)9-13(22-6-2)15(12)23-7-3/h8-9H,5-7,10H2,1-4H3,(H,18,19). The Balaban J connectivity index is 3.26. The molecule has 0 atom stereocenters. The van der Waals surface area contributed by atoms with E-state index >= 15 is 0 Å². The molecule has 23 heavy (non-hydrogen) atoms. The number of rotatable bonds is 9. The van der Waals surface area contributed by atoms with Gasteiger partial charge in [-0.25, -0.2) is 0 Å². The van der Waals surface area contributed by atoms with E-state index in [1.54, 1.807) is 0 Å². The van der Waals surface area contributed by atoms with Crippen molar-refractivity contribution in [1.29, 1.82) is 0 Å². The van der Waals surface area contributed by atoms with Gasteiger partial charge in [0.25, 0.3) is 5.91 Å². The summed E-state index contributed by atoms with van der Waals surface area (Å²) >= 11 is 0. The number of benzene rings is 1. The third-order valence-electron chi connectivity index (χ3n) is 2.88. The van der Waals surface area contributed by atoms with Crippen LogP contribution in [0.1, 0.15) is 31.1 Å². The van der Waals surface area contributed by atoms with Crippen LogP contribution in [0.4, 0.5) is 0 Å². The largest absolute Gasteiger partial charge is 0.490 e. The van der Waals surface area contributed by atoms with Gasteiger partial charge in [0, 0.05) is 12.6 Å². The van der Waals surface area contributed by atoms with E-state index in [1.165, 1.54) is 19.2 Å². The van der Waals surface area contributed by atoms with E-state index in [2.05, 4.69) is 0 Å². The lowest BCUT2D eigenvalue weighted by atomic mass is 10.1. The number of likely N-dealkylation sites (N-methyl/N-ethyl adjacent to an activating group) is 1. The van der Waals surface area contributed by atoms with Gasteiger partial charge < -0.3 is 24.2 Å². The average molecular weight is 325 g/mol. The highest BCUT2D eigenvalue weighted by atomic mass is 16.5. The molecule has 0 aliphatic rings. The van der Waals surface area contributed by atoms with Crippen molar-refractivity contribution >= 4 is 11.9 Å². The Morgan fingerprint density at radius 1 is 1.00 bits per heavy atom. The Labute approximate surface area is 135 Å². The number of carboxylic acids is 1. The van der Waals surface area contributed by atoms with Crippen molar-refractivity contribution < 1.29 is 28.9 Å². The van der Waals surface area contributed by atoms with Gasteiger partial charge >= 0.3 is 5.97 Å². The van der Waals surface area contributed by atoms with Gasteiger partial charge in [0.15, 0.2) is 11.5 Å². The minimum absolute atomic E-state index is 0.282. The second kappa shape index (κ2) is 8.87. The molecule has 7 heteroatoms. The van der Waals surface area contributed by atoms with Crippen LogP contribution in [0, 0.1) is 0 Å². The van der Waals surface area contributed by atoms with Crippen LogP contribution in [0.3, 0.4) is 0 Å². The number of hydrogen-bond donors (Lipinski definition) is 1. The monoisotopic (exact) mass is 325 g/mol. The van der Waals surface area contributed by atoms with Crippen molar-refractivity contribution in [2.45, 2.75) is 20.8 Å². The molecule has 1 aromatic rings. The summed E-state index contributed by atoms with van der Waals surface area (Å²) in [5.74, 6) is -0.285. The number of carbonyl (C=O) groups excluding carboxylic acids is 1. The van der Waals surface area contributed by atoms with E-state index in [9.17, 15) is 9.59 Å². The van der Waals surface area contributed by atoms with Crippen LogP contribution in [0.15, 0.2) is 12.1 Å². The molecule has 0 aliphatic heterocycles. The first kappa shape index (κ1) is 18.6. The average Bonchev–Trinajstić information content (AvgIpc) is 2.49. The molecule has 0 aromatic heterocycles. The lowest BCUT2D eigenvalue weighted by Crippen LogP contribution is -2.32. The molecular formula is C16H23NO6. The van der Waals surface area contributed by atoms with Gasteiger partial charge in [-0.3, -0.25) is 9.59 Å². The Hall–Kier alpha value is -2.44. The molecule has 0 fully saturated rings. The topological polar surface area (TPSA) is 85.3 Å². The Morgan fingerprint density at radius 3 is 1.87 bits per heavy atom. The van der Waals surface area contributed by atoms with Crippen LogP contribution in [0.2, 0.25) is 0 Å². The number of amides is 1. The van der Waals surface area contributed by atoms with Gasteiger partial charge in [-0.15, -0.1) is 0 Å².